The highest BCUT2D eigenvalue weighted by atomic mass is 35.5. The van der Waals surface area contributed by atoms with Crippen molar-refractivity contribution >= 4 is 29.3 Å². The van der Waals surface area contributed by atoms with E-state index in [1.165, 1.54) is 13.2 Å². The third-order valence-electron chi connectivity index (χ3n) is 6.28. The lowest BCUT2D eigenvalue weighted by atomic mass is 9.95. The molecule has 1 aliphatic rings. The van der Waals surface area contributed by atoms with E-state index in [0.717, 1.165) is 42.6 Å². The molecular weight excluding hydrogens is 456 g/mol. The molecule has 0 saturated carbocycles. The van der Waals surface area contributed by atoms with Gasteiger partial charge in [-0.3, -0.25) is 9.69 Å². The molecule has 9 heteroatoms. The molecule has 2 amide bonds. The van der Waals surface area contributed by atoms with Crippen LogP contribution in [-0.2, 0) is 4.74 Å². The van der Waals surface area contributed by atoms with E-state index in [2.05, 4.69) is 16.3 Å². The predicted molar refractivity (Wildman–Crippen MR) is 133 cm³/mol. The van der Waals surface area contributed by atoms with E-state index in [1.54, 1.807) is 6.07 Å². The molecule has 184 valence electrons. The van der Waals surface area contributed by atoms with Crippen LogP contribution >= 0.6 is 11.6 Å². The van der Waals surface area contributed by atoms with Gasteiger partial charge in [0, 0.05) is 19.2 Å². The van der Waals surface area contributed by atoms with Crippen LogP contribution in [0.4, 0.5) is 10.5 Å². The van der Waals surface area contributed by atoms with Crippen molar-refractivity contribution in [3.05, 3.63) is 57.6 Å². The van der Waals surface area contributed by atoms with E-state index < -0.39 is 12.2 Å². The average molecular weight is 489 g/mol. The SMILES string of the molecule is COc1cc(N)c(Cl)cc1C(=O)NCC1CCN(CC(OC(N)=O)c2ccc(C)cc2C)CC1. The van der Waals surface area contributed by atoms with Gasteiger partial charge in [0.2, 0.25) is 0 Å². The standard InChI is InChI=1S/C25H33ClN4O4/c1-15-4-5-18(16(2)10-15)23(34-25(28)32)14-30-8-6-17(7-9-30)13-29-24(31)19-11-20(26)21(27)12-22(19)33-3/h4-5,10-12,17,23H,6-9,13-14,27H2,1-3H3,(H2,28,32)(H,29,31). The van der Waals surface area contributed by atoms with Gasteiger partial charge < -0.3 is 26.3 Å². The molecule has 1 heterocycles. The fourth-order valence-corrected chi connectivity index (χ4v) is 4.55. The van der Waals surface area contributed by atoms with Crippen molar-refractivity contribution in [1.82, 2.24) is 10.2 Å². The molecule has 1 unspecified atom stereocenters. The second kappa shape index (κ2) is 11.4. The molecule has 0 bridgehead atoms. The number of hydrogen-bond acceptors (Lipinski definition) is 6. The number of nitrogen functional groups attached to an aromatic ring is 1. The first kappa shape index (κ1) is 25.6. The summed E-state index contributed by atoms with van der Waals surface area (Å²) in [6.07, 6.45) is 0.629. The molecule has 1 aliphatic heterocycles. The van der Waals surface area contributed by atoms with Crippen LogP contribution < -0.4 is 21.5 Å². The van der Waals surface area contributed by atoms with Crippen molar-refractivity contribution < 1.29 is 19.1 Å². The second-order valence-electron chi connectivity index (χ2n) is 8.81. The second-order valence-corrected chi connectivity index (χ2v) is 9.22. The average Bonchev–Trinajstić information content (AvgIpc) is 2.79. The topological polar surface area (TPSA) is 120 Å². The predicted octanol–water partition coefficient (Wildman–Crippen LogP) is 3.83. The number of ether oxygens (including phenoxy) is 2. The Morgan fingerprint density at radius 1 is 1.21 bits per heavy atom. The first-order valence-electron chi connectivity index (χ1n) is 11.3. The maximum absolute atomic E-state index is 12.7. The van der Waals surface area contributed by atoms with Gasteiger partial charge in [0.15, 0.2) is 0 Å². The normalized spacial score (nSPS) is 15.5. The number of aryl methyl sites for hydroxylation is 2. The number of halogens is 1. The Kier molecular flexibility index (Phi) is 8.63. The number of nitrogens with two attached hydrogens (primary N) is 2. The van der Waals surface area contributed by atoms with Gasteiger partial charge in [-0.2, -0.15) is 0 Å². The Labute approximate surface area is 205 Å². The van der Waals surface area contributed by atoms with Gasteiger partial charge in [-0.05, 0) is 62.9 Å². The number of methoxy groups -OCH3 is 1. The summed E-state index contributed by atoms with van der Waals surface area (Å²) >= 11 is 6.08. The summed E-state index contributed by atoms with van der Waals surface area (Å²) in [6, 6.07) is 9.16. The number of hydrogen-bond donors (Lipinski definition) is 3. The zero-order valence-electron chi connectivity index (χ0n) is 19.9. The Morgan fingerprint density at radius 3 is 2.53 bits per heavy atom. The monoisotopic (exact) mass is 488 g/mol. The van der Waals surface area contributed by atoms with Crippen molar-refractivity contribution in [3.8, 4) is 5.75 Å². The van der Waals surface area contributed by atoms with Crippen molar-refractivity contribution in [2.75, 3.05) is 39.0 Å². The van der Waals surface area contributed by atoms with Gasteiger partial charge in [-0.25, -0.2) is 4.79 Å². The fourth-order valence-electron chi connectivity index (χ4n) is 4.38. The number of benzene rings is 2. The summed E-state index contributed by atoms with van der Waals surface area (Å²) in [7, 11) is 1.49. The van der Waals surface area contributed by atoms with Crippen LogP contribution in [0.3, 0.4) is 0 Å². The van der Waals surface area contributed by atoms with Gasteiger partial charge in [0.1, 0.15) is 11.9 Å². The van der Waals surface area contributed by atoms with Crippen LogP contribution in [0.2, 0.25) is 5.02 Å². The largest absolute Gasteiger partial charge is 0.496 e. The number of rotatable bonds is 8. The number of amides is 2. The molecule has 34 heavy (non-hydrogen) atoms. The van der Waals surface area contributed by atoms with E-state index >= 15 is 0 Å². The number of carbonyl (C=O) groups excluding carboxylic acids is 2. The van der Waals surface area contributed by atoms with Gasteiger partial charge >= 0.3 is 6.09 Å². The number of primary amides is 1. The fraction of sp³-hybridized carbons (Fsp3) is 0.440. The molecule has 8 nitrogen and oxygen atoms in total. The Bertz CT molecular complexity index is 1040. The summed E-state index contributed by atoms with van der Waals surface area (Å²) < 4.78 is 10.7. The number of carbonyl (C=O) groups is 2. The van der Waals surface area contributed by atoms with E-state index in [0.29, 0.717) is 41.0 Å². The smallest absolute Gasteiger partial charge is 0.405 e. The lowest BCUT2D eigenvalue weighted by Crippen LogP contribution is -2.41. The lowest BCUT2D eigenvalue weighted by molar-refractivity contribution is 0.0630. The maximum atomic E-state index is 12.7. The Balaban J connectivity index is 1.55. The first-order chi connectivity index (χ1) is 16.2. The lowest BCUT2D eigenvalue weighted by Gasteiger charge is -2.34. The summed E-state index contributed by atoms with van der Waals surface area (Å²) in [5.41, 5.74) is 15.1. The number of piperidine rings is 1. The zero-order chi connectivity index (χ0) is 24.8. The molecule has 1 saturated heterocycles. The zero-order valence-corrected chi connectivity index (χ0v) is 20.7. The third-order valence-corrected chi connectivity index (χ3v) is 6.60. The summed E-state index contributed by atoms with van der Waals surface area (Å²) in [5, 5.41) is 3.30. The van der Waals surface area contributed by atoms with E-state index in [9.17, 15) is 9.59 Å². The van der Waals surface area contributed by atoms with E-state index in [1.807, 2.05) is 26.0 Å². The molecule has 1 fully saturated rings. The highest BCUT2D eigenvalue weighted by Gasteiger charge is 2.26. The van der Waals surface area contributed by atoms with E-state index in [-0.39, 0.29) is 5.91 Å². The molecule has 5 N–H and O–H groups in total. The minimum atomic E-state index is -0.777. The minimum Gasteiger partial charge on any atom is -0.496 e. The molecule has 0 aromatic heterocycles. The van der Waals surface area contributed by atoms with Crippen LogP contribution in [0.15, 0.2) is 30.3 Å². The highest BCUT2D eigenvalue weighted by molar-refractivity contribution is 6.33. The number of likely N-dealkylation sites (tertiary alicyclic amines) is 1. The van der Waals surface area contributed by atoms with Crippen molar-refractivity contribution in [1.29, 1.82) is 0 Å². The van der Waals surface area contributed by atoms with Crippen molar-refractivity contribution in [3.63, 3.8) is 0 Å². The van der Waals surface area contributed by atoms with Gasteiger partial charge in [-0.15, -0.1) is 0 Å². The maximum Gasteiger partial charge on any atom is 0.405 e. The van der Waals surface area contributed by atoms with Crippen molar-refractivity contribution in [2.45, 2.75) is 32.8 Å². The van der Waals surface area contributed by atoms with Crippen LogP contribution in [0.25, 0.3) is 0 Å². The summed E-state index contributed by atoms with van der Waals surface area (Å²) in [6.45, 7) is 6.84. The summed E-state index contributed by atoms with van der Waals surface area (Å²) in [4.78, 5) is 26.5. The minimum absolute atomic E-state index is 0.244. The van der Waals surface area contributed by atoms with E-state index in [4.69, 9.17) is 32.5 Å². The highest BCUT2D eigenvalue weighted by Crippen LogP contribution is 2.29. The summed E-state index contributed by atoms with van der Waals surface area (Å²) in [5.74, 6) is 0.485. The van der Waals surface area contributed by atoms with Gasteiger partial charge in [0.05, 0.1) is 23.4 Å². The number of anilines is 1. The Hall–Kier alpha value is -2.97. The van der Waals surface area contributed by atoms with Crippen LogP contribution in [0.1, 0.15) is 46.0 Å². The quantitative estimate of drug-likeness (QED) is 0.486. The molecule has 1 atom stereocenters. The molecule has 2 aromatic rings. The molecule has 3 rings (SSSR count). The Morgan fingerprint density at radius 2 is 1.91 bits per heavy atom. The third kappa shape index (κ3) is 6.55. The van der Waals surface area contributed by atoms with Gasteiger partial charge in [-0.1, -0.05) is 35.4 Å². The molecule has 2 aromatic carbocycles. The molecule has 0 radical (unpaired) electrons. The molecule has 0 spiro atoms. The van der Waals surface area contributed by atoms with Crippen LogP contribution in [-0.4, -0.2) is 50.2 Å². The van der Waals surface area contributed by atoms with Crippen LogP contribution in [0.5, 0.6) is 5.75 Å². The first-order valence-corrected chi connectivity index (χ1v) is 11.7. The van der Waals surface area contributed by atoms with Crippen LogP contribution in [0, 0.1) is 19.8 Å². The van der Waals surface area contributed by atoms with Gasteiger partial charge in [0.25, 0.3) is 5.91 Å². The van der Waals surface area contributed by atoms with Crippen molar-refractivity contribution in [2.24, 2.45) is 11.7 Å². The molecular formula is C25H33ClN4O4. The number of nitrogens with one attached hydrogen (secondary N) is 1. The number of nitrogens with zero attached hydrogens (tertiary/aromatic N) is 1. The molecule has 0 aliphatic carbocycles.